The summed E-state index contributed by atoms with van der Waals surface area (Å²) in [6.45, 7) is 7.14. The van der Waals surface area contributed by atoms with Gasteiger partial charge < -0.3 is 5.32 Å². The predicted molar refractivity (Wildman–Crippen MR) is 78.8 cm³/mol. The number of hydrogen-bond donors (Lipinski definition) is 1. The standard InChI is InChI=1S/C17H25F2N/c1-4-5-13-9-17(10-13,11-20-12(2)3)15-7-6-14(18)8-16(15)19/h6-8,12-13,20H,4-5,9-11H2,1-3H3. The minimum absolute atomic E-state index is 0.151. The lowest BCUT2D eigenvalue weighted by atomic mass is 9.57. The van der Waals surface area contributed by atoms with Crippen molar-refractivity contribution in [2.45, 2.75) is 57.9 Å². The average Bonchev–Trinajstić information content (AvgIpc) is 2.32. The second-order valence-corrected chi connectivity index (χ2v) is 6.50. The van der Waals surface area contributed by atoms with Gasteiger partial charge in [0, 0.05) is 24.1 Å². The van der Waals surface area contributed by atoms with Crippen molar-refractivity contribution in [3.8, 4) is 0 Å². The van der Waals surface area contributed by atoms with Crippen molar-refractivity contribution in [2.24, 2.45) is 5.92 Å². The molecule has 1 aromatic rings. The van der Waals surface area contributed by atoms with Crippen LogP contribution in [0.2, 0.25) is 0 Å². The van der Waals surface area contributed by atoms with E-state index in [0.29, 0.717) is 17.5 Å². The van der Waals surface area contributed by atoms with Gasteiger partial charge >= 0.3 is 0 Å². The van der Waals surface area contributed by atoms with Gasteiger partial charge in [0.15, 0.2) is 0 Å². The van der Waals surface area contributed by atoms with Gasteiger partial charge in [0.2, 0.25) is 0 Å². The van der Waals surface area contributed by atoms with Gasteiger partial charge in [0.1, 0.15) is 11.6 Å². The molecule has 0 saturated heterocycles. The van der Waals surface area contributed by atoms with Crippen LogP contribution in [-0.2, 0) is 5.41 Å². The molecule has 1 nitrogen and oxygen atoms in total. The Morgan fingerprint density at radius 2 is 2.00 bits per heavy atom. The summed E-state index contributed by atoms with van der Waals surface area (Å²) >= 11 is 0. The molecule has 1 aliphatic rings. The highest BCUT2D eigenvalue weighted by molar-refractivity contribution is 5.31. The molecular weight excluding hydrogens is 256 g/mol. The summed E-state index contributed by atoms with van der Waals surface area (Å²) in [5, 5.41) is 3.43. The number of benzene rings is 1. The van der Waals surface area contributed by atoms with E-state index in [9.17, 15) is 8.78 Å². The van der Waals surface area contributed by atoms with Gasteiger partial charge in [0.25, 0.3) is 0 Å². The maximum atomic E-state index is 14.1. The van der Waals surface area contributed by atoms with Crippen LogP contribution in [0.25, 0.3) is 0 Å². The minimum atomic E-state index is -0.498. The summed E-state index contributed by atoms with van der Waals surface area (Å²) in [5.41, 5.74) is 0.529. The zero-order valence-corrected chi connectivity index (χ0v) is 12.7. The zero-order valence-electron chi connectivity index (χ0n) is 12.7. The van der Waals surface area contributed by atoms with E-state index in [-0.39, 0.29) is 5.41 Å². The molecular formula is C17H25F2N. The number of hydrogen-bond acceptors (Lipinski definition) is 1. The lowest BCUT2D eigenvalue weighted by Gasteiger charge is -2.49. The molecule has 0 unspecified atom stereocenters. The molecule has 3 heteroatoms. The number of rotatable bonds is 6. The Morgan fingerprint density at radius 1 is 1.30 bits per heavy atom. The van der Waals surface area contributed by atoms with E-state index in [4.69, 9.17) is 0 Å². The molecule has 0 spiro atoms. The van der Waals surface area contributed by atoms with Crippen LogP contribution in [0.3, 0.4) is 0 Å². The van der Waals surface area contributed by atoms with Crippen LogP contribution in [-0.4, -0.2) is 12.6 Å². The highest BCUT2D eigenvalue weighted by Crippen LogP contribution is 2.50. The maximum Gasteiger partial charge on any atom is 0.129 e. The summed E-state index contributed by atoms with van der Waals surface area (Å²) < 4.78 is 27.2. The predicted octanol–water partition coefficient (Wildman–Crippen LogP) is 4.41. The number of halogens is 2. The first-order valence-corrected chi connectivity index (χ1v) is 7.66. The molecule has 1 saturated carbocycles. The highest BCUT2D eigenvalue weighted by atomic mass is 19.1. The first-order valence-electron chi connectivity index (χ1n) is 7.66. The van der Waals surface area contributed by atoms with Gasteiger partial charge in [0.05, 0.1) is 0 Å². The molecule has 2 rings (SSSR count). The Hall–Kier alpha value is -0.960. The molecule has 0 heterocycles. The van der Waals surface area contributed by atoms with Crippen molar-refractivity contribution in [2.75, 3.05) is 6.54 Å². The van der Waals surface area contributed by atoms with Crippen molar-refractivity contribution >= 4 is 0 Å². The molecule has 20 heavy (non-hydrogen) atoms. The molecule has 112 valence electrons. The average molecular weight is 281 g/mol. The third-order valence-corrected chi connectivity index (χ3v) is 4.41. The normalized spacial score (nSPS) is 25.8. The molecule has 1 N–H and O–H groups in total. The first-order chi connectivity index (χ1) is 9.47. The third kappa shape index (κ3) is 3.20. The molecule has 0 atom stereocenters. The van der Waals surface area contributed by atoms with Crippen molar-refractivity contribution in [1.82, 2.24) is 5.32 Å². The summed E-state index contributed by atoms with van der Waals surface area (Å²) in [6.07, 6.45) is 4.38. The molecule has 0 aromatic heterocycles. The second kappa shape index (κ2) is 6.21. The van der Waals surface area contributed by atoms with Crippen molar-refractivity contribution < 1.29 is 8.78 Å². The van der Waals surface area contributed by atoms with Crippen LogP contribution in [0.1, 0.15) is 52.0 Å². The Bertz CT molecular complexity index is 450. The fraction of sp³-hybridized carbons (Fsp3) is 0.647. The lowest BCUT2D eigenvalue weighted by Crippen LogP contribution is -2.50. The fourth-order valence-corrected chi connectivity index (χ4v) is 3.44. The molecule has 0 bridgehead atoms. The summed E-state index contributed by atoms with van der Waals surface area (Å²) in [7, 11) is 0. The molecule has 0 amide bonds. The lowest BCUT2D eigenvalue weighted by molar-refractivity contribution is 0.122. The van der Waals surface area contributed by atoms with E-state index in [1.54, 1.807) is 6.07 Å². The fourth-order valence-electron chi connectivity index (χ4n) is 3.44. The highest BCUT2D eigenvalue weighted by Gasteiger charge is 2.46. The van der Waals surface area contributed by atoms with E-state index in [1.807, 2.05) is 0 Å². The van der Waals surface area contributed by atoms with Crippen molar-refractivity contribution in [3.05, 3.63) is 35.4 Å². The molecule has 1 aliphatic carbocycles. The van der Waals surface area contributed by atoms with Gasteiger partial charge in [-0.05, 0) is 30.4 Å². The van der Waals surface area contributed by atoms with Crippen LogP contribution in [0.5, 0.6) is 0 Å². The summed E-state index contributed by atoms with van der Waals surface area (Å²) in [5.74, 6) is -0.216. The van der Waals surface area contributed by atoms with E-state index >= 15 is 0 Å². The van der Waals surface area contributed by atoms with Crippen LogP contribution < -0.4 is 5.32 Å². The molecule has 1 fully saturated rings. The monoisotopic (exact) mass is 281 g/mol. The zero-order chi connectivity index (χ0) is 14.8. The van der Waals surface area contributed by atoms with E-state index in [0.717, 1.165) is 25.5 Å². The minimum Gasteiger partial charge on any atom is -0.314 e. The van der Waals surface area contributed by atoms with E-state index in [2.05, 4.69) is 26.1 Å². The smallest absolute Gasteiger partial charge is 0.129 e. The maximum absolute atomic E-state index is 14.1. The van der Waals surface area contributed by atoms with E-state index < -0.39 is 11.6 Å². The number of nitrogens with one attached hydrogen (secondary N) is 1. The quantitative estimate of drug-likeness (QED) is 0.814. The van der Waals surface area contributed by atoms with Crippen molar-refractivity contribution in [3.63, 3.8) is 0 Å². The van der Waals surface area contributed by atoms with Gasteiger partial charge in [-0.2, -0.15) is 0 Å². The Morgan fingerprint density at radius 3 is 2.55 bits per heavy atom. The Balaban J connectivity index is 2.19. The largest absolute Gasteiger partial charge is 0.314 e. The SMILES string of the molecule is CCCC1CC(CNC(C)C)(c2ccc(F)cc2F)C1. The van der Waals surface area contributed by atoms with Crippen molar-refractivity contribution in [1.29, 1.82) is 0 Å². The third-order valence-electron chi connectivity index (χ3n) is 4.41. The summed E-state index contributed by atoms with van der Waals surface area (Å²) in [6, 6.07) is 4.40. The topological polar surface area (TPSA) is 12.0 Å². The van der Waals surface area contributed by atoms with Crippen LogP contribution in [0, 0.1) is 17.6 Å². The first kappa shape index (κ1) is 15.4. The Kier molecular flexibility index (Phi) is 4.79. The van der Waals surface area contributed by atoms with Crippen LogP contribution >= 0.6 is 0 Å². The molecule has 0 radical (unpaired) electrons. The molecule has 0 aliphatic heterocycles. The van der Waals surface area contributed by atoms with Crippen LogP contribution in [0.4, 0.5) is 8.78 Å². The second-order valence-electron chi connectivity index (χ2n) is 6.50. The molecule has 1 aromatic carbocycles. The summed E-state index contributed by atoms with van der Waals surface area (Å²) in [4.78, 5) is 0. The van der Waals surface area contributed by atoms with E-state index in [1.165, 1.54) is 18.9 Å². The van der Waals surface area contributed by atoms with Gasteiger partial charge in [-0.15, -0.1) is 0 Å². The van der Waals surface area contributed by atoms with Gasteiger partial charge in [-0.25, -0.2) is 8.78 Å². The van der Waals surface area contributed by atoms with Gasteiger partial charge in [-0.3, -0.25) is 0 Å². The van der Waals surface area contributed by atoms with Gasteiger partial charge in [-0.1, -0.05) is 39.7 Å². The van der Waals surface area contributed by atoms with Crippen LogP contribution in [0.15, 0.2) is 18.2 Å². The Labute approximate surface area is 120 Å².